The maximum absolute atomic E-state index is 12.7. The molecule has 0 N–H and O–H groups in total. The van der Waals surface area contributed by atoms with E-state index in [0.29, 0.717) is 0 Å². The highest BCUT2D eigenvalue weighted by Gasteiger charge is 2.77. The third kappa shape index (κ3) is 2.99. The number of halogens is 12. The molecule has 0 spiro atoms. The zero-order valence-corrected chi connectivity index (χ0v) is 9.69. The van der Waals surface area contributed by atoms with E-state index in [2.05, 4.69) is 0 Å². The first-order valence-corrected chi connectivity index (χ1v) is 4.60. The molecule has 108 valence electrons. The summed E-state index contributed by atoms with van der Waals surface area (Å²) >= 11 is -0.293. The van der Waals surface area contributed by atoms with Crippen LogP contribution in [0.1, 0.15) is 0 Å². The standard InChI is InChI=1S/C6F11I/c7-1(2(8)4(10,11)18)3(9,5(12,13)14)6(15,16)17. The van der Waals surface area contributed by atoms with Crippen LogP contribution < -0.4 is 0 Å². The number of hydrogen-bond acceptors (Lipinski definition) is 0. The Morgan fingerprint density at radius 1 is 0.611 bits per heavy atom. The van der Waals surface area contributed by atoms with Crippen molar-refractivity contribution in [1.29, 1.82) is 0 Å². The Morgan fingerprint density at radius 2 is 0.889 bits per heavy atom. The maximum atomic E-state index is 12.7. The van der Waals surface area contributed by atoms with Gasteiger partial charge in [0.25, 0.3) is 0 Å². The quantitative estimate of drug-likeness (QED) is 0.343. The molecule has 0 saturated carbocycles. The molecular formula is C6F11I. The second-order valence-corrected chi connectivity index (χ2v) is 4.13. The van der Waals surface area contributed by atoms with Crippen molar-refractivity contribution in [3.63, 3.8) is 0 Å². The van der Waals surface area contributed by atoms with Crippen LogP contribution in [0.5, 0.6) is 0 Å². The van der Waals surface area contributed by atoms with Gasteiger partial charge in [-0.3, -0.25) is 0 Å². The summed E-state index contributed by atoms with van der Waals surface area (Å²) in [6, 6.07) is 0. The van der Waals surface area contributed by atoms with Gasteiger partial charge >= 0.3 is 22.0 Å². The van der Waals surface area contributed by atoms with Crippen LogP contribution in [0, 0.1) is 0 Å². The third-order valence-corrected chi connectivity index (χ3v) is 2.00. The lowest BCUT2D eigenvalue weighted by Crippen LogP contribution is -2.54. The summed E-state index contributed by atoms with van der Waals surface area (Å²) in [5.41, 5.74) is -6.83. The molecule has 0 radical (unpaired) electrons. The Labute approximate surface area is 105 Å². The summed E-state index contributed by atoms with van der Waals surface area (Å²) in [7, 11) is 0. The van der Waals surface area contributed by atoms with Crippen molar-refractivity contribution in [3.05, 3.63) is 11.7 Å². The molecule has 0 rings (SSSR count). The van der Waals surface area contributed by atoms with E-state index in [9.17, 15) is 48.3 Å². The predicted octanol–water partition coefficient (Wildman–Crippen LogP) is 5.00. The average Bonchev–Trinajstić information content (AvgIpc) is 2.08. The second-order valence-electron chi connectivity index (χ2n) is 2.78. The zero-order chi connectivity index (χ0) is 15.2. The molecule has 0 atom stereocenters. The van der Waals surface area contributed by atoms with Crippen molar-refractivity contribution in [2.75, 3.05) is 0 Å². The largest absolute Gasteiger partial charge is 0.438 e. The first-order valence-electron chi connectivity index (χ1n) is 3.52. The smallest absolute Gasteiger partial charge is 0.215 e. The maximum Gasteiger partial charge on any atom is 0.438 e. The highest BCUT2D eigenvalue weighted by molar-refractivity contribution is 14.1. The van der Waals surface area contributed by atoms with Crippen molar-refractivity contribution >= 4 is 22.6 Å². The van der Waals surface area contributed by atoms with Crippen LogP contribution in [0.4, 0.5) is 48.3 Å². The van der Waals surface area contributed by atoms with Gasteiger partial charge in [0.05, 0.1) is 0 Å². The molecule has 12 heteroatoms. The lowest BCUT2D eigenvalue weighted by molar-refractivity contribution is -0.332. The fourth-order valence-electron chi connectivity index (χ4n) is 0.685. The molecule has 0 amide bonds. The number of hydrogen-bond donors (Lipinski definition) is 0. The Bertz CT molecular complexity index is 328. The minimum Gasteiger partial charge on any atom is -0.215 e. The van der Waals surface area contributed by atoms with Crippen LogP contribution in [0.25, 0.3) is 0 Å². The van der Waals surface area contributed by atoms with Crippen molar-refractivity contribution in [1.82, 2.24) is 0 Å². The van der Waals surface area contributed by atoms with Crippen LogP contribution in [0.15, 0.2) is 11.7 Å². The van der Waals surface area contributed by atoms with E-state index in [4.69, 9.17) is 0 Å². The van der Waals surface area contributed by atoms with Crippen molar-refractivity contribution in [2.45, 2.75) is 22.0 Å². The van der Waals surface area contributed by atoms with E-state index in [-0.39, 0.29) is 22.6 Å². The van der Waals surface area contributed by atoms with E-state index >= 15 is 0 Å². The molecule has 0 saturated heterocycles. The summed E-state index contributed by atoms with van der Waals surface area (Å²) in [5.74, 6) is -8.07. The van der Waals surface area contributed by atoms with Crippen molar-refractivity contribution in [2.24, 2.45) is 0 Å². The lowest BCUT2D eigenvalue weighted by Gasteiger charge is -2.28. The SMILES string of the molecule is FC(=C(F)C(F)(C(F)(F)F)C(F)(F)F)C(F)(F)I. The minimum absolute atomic E-state index is 0.293. The topological polar surface area (TPSA) is 0 Å². The van der Waals surface area contributed by atoms with E-state index in [1.807, 2.05) is 0 Å². The van der Waals surface area contributed by atoms with Gasteiger partial charge in [0, 0.05) is 22.6 Å². The molecule has 0 unspecified atom stereocenters. The summed E-state index contributed by atoms with van der Waals surface area (Å²) < 4.78 is 128. The van der Waals surface area contributed by atoms with Crippen molar-refractivity contribution < 1.29 is 48.3 Å². The van der Waals surface area contributed by atoms with Crippen molar-refractivity contribution in [3.8, 4) is 0 Å². The third-order valence-electron chi connectivity index (χ3n) is 1.53. The van der Waals surface area contributed by atoms with Gasteiger partial charge in [-0.25, -0.2) is 13.2 Å². The van der Waals surface area contributed by atoms with Gasteiger partial charge in [-0.15, -0.1) is 0 Å². The molecule has 0 nitrogen and oxygen atoms in total. The predicted molar refractivity (Wildman–Crippen MR) is 44.2 cm³/mol. The molecule has 0 heterocycles. The molecule has 0 bridgehead atoms. The Morgan fingerprint density at radius 3 is 1.06 bits per heavy atom. The van der Waals surface area contributed by atoms with Gasteiger partial charge in [0.2, 0.25) is 5.83 Å². The fraction of sp³-hybridized carbons (Fsp3) is 0.667. The number of allylic oxidation sites excluding steroid dienone is 2. The second kappa shape index (κ2) is 4.67. The molecule has 0 aromatic heterocycles. The molecule has 0 aliphatic heterocycles. The number of alkyl halides is 10. The number of rotatable bonds is 2. The molecule has 0 aromatic carbocycles. The first kappa shape index (κ1) is 17.7. The summed E-state index contributed by atoms with van der Waals surface area (Å²) in [6.45, 7) is 0. The first-order chi connectivity index (χ1) is 7.57. The van der Waals surface area contributed by atoms with Gasteiger partial charge in [-0.1, -0.05) is 0 Å². The van der Waals surface area contributed by atoms with Crippen LogP contribution >= 0.6 is 22.6 Å². The Hall–Kier alpha value is -0.300. The molecule has 0 aromatic rings. The Balaban J connectivity index is 6.13. The van der Waals surface area contributed by atoms with Gasteiger partial charge in [0.1, 0.15) is 0 Å². The van der Waals surface area contributed by atoms with E-state index in [1.54, 1.807) is 0 Å². The van der Waals surface area contributed by atoms with Crippen LogP contribution in [0.3, 0.4) is 0 Å². The van der Waals surface area contributed by atoms with Gasteiger partial charge < -0.3 is 0 Å². The highest BCUT2D eigenvalue weighted by Crippen LogP contribution is 2.53. The van der Waals surface area contributed by atoms with Crippen LogP contribution in [0.2, 0.25) is 0 Å². The van der Waals surface area contributed by atoms with Gasteiger partial charge in [-0.05, 0) is 0 Å². The summed E-state index contributed by atoms with van der Waals surface area (Å²) in [5, 5.41) is 0. The van der Waals surface area contributed by atoms with Gasteiger partial charge in [0.15, 0.2) is 5.83 Å². The fourth-order valence-corrected chi connectivity index (χ4v) is 0.922. The molecule has 18 heavy (non-hydrogen) atoms. The monoisotopic (exact) mass is 408 g/mol. The zero-order valence-electron chi connectivity index (χ0n) is 7.54. The molecule has 0 fully saturated rings. The van der Waals surface area contributed by atoms with E-state index in [0.717, 1.165) is 0 Å². The van der Waals surface area contributed by atoms with Gasteiger partial charge in [-0.2, -0.15) is 35.1 Å². The Kier molecular flexibility index (Phi) is 4.59. The minimum atomic E-state index is -6.99. The van der Waals surface area contributed by atoms with E-state index in [1.165, 1.54) is 0 Å². The normalized spacial score (nSPS) is 16.7. The molecule has 0 aliphatic carbocycles. The van der Waals surface area contributed by atoms with Crippen LogP contribution in [-0.4, -0.2) is 22.0 Å². The lowest BCUT2D eigenvalue weighted by atomic mass is 10.0. The summed E-state index contributed by atoms with van der Waals surface area (Å²) in [4.78, 5) is 0. The molecule has 0 aliphatic rings. The highest BCUT2D eigenvalue weighted by atomic mass is 127. The van der Waals surface area contributed by atoms with E-state index < -0.39 is 33.6 Å². The summed E-state index contributed by atoms with van der Waals surface area (Å²) in [6.07, 6.45) is -14.0. The molecular weight excluding hydrogens is 408 g/mol. The van der Waals surface area contributed by atoms with Crippen LogP contribution in [-0.2, 0) is 0 Å². The average molecular weight is 408 g/mol.